The predicted octanol–water partition coefficient (Wildman–Crippen LogP) is 2.43. The maximum absolute atomic E-state index is 13.4. The van der Waals surface area contributed by atoms with Crippen LogP contribution in [0.1, 0.15) is 48.9 Å². The van der Waals surface area contributed by atoms with Crippen LogP contribution in [0.4, 0.5) is 5.69 Å². The summed E-state index contributed by atoms with van der Waals surface area (Å²) in [5.74, 6) is -2.35. The highest BCUT2D eigenvalue weighted by atomic mass is 32.2. The van der Waals surface area contributed by atoms with Crippen LogP contribution in [0.15, 0.2) is 36.4 Å². The van der Waals surface area contributed by atoms with E-state index in [-0.39, 0.29) is 33.9 Å². The molecule has 1 unspecified atom stereocenters. The molecule has 0 saturated heterocycles. The van der Waals surface area contributed by atoms with Gasteiger partial charge in [-0.25, -0.2) is 8.42 Å². The van der Waals surface area contributed by atoms with Gasteiger partial charge in [-0.15, -0.1) is 0 Å². The molecule has 3 amide bonds. The molecule has 170 valence electrons. The zero-order valence-corrected chi connectivity index (χ0v) is 18.8. The molecule has 3 rings (SSSR count). The van der Waals surface area contributed by atoms with Gasteiger partial charge in [-0.3, -0.25) is 19.3 Å². The lowest BCUT2D eigenvalue weighted by molar-refractivity contribution is -0.114. The van der Waals surface area contributed by atoms with E-state index in [4.69, 9.17) is 12.2 Å². The second kappa shape index (κ2) is 8.99. The number of hydrogen-bond acceptors (Lipinski definition) is 7. The van der Waals surface area contributed by atoms with Crippen molar-refractivity contribution in [3.05, 3.63) is 53.1 Å². The molecule has 0 aromatic heterocycles. The van der Waals surface area contributed by atoms with Gasteiger partial charge < -0.3 is 14.8 Å². The number of sulfone groups is 1. The Morgan fingerprint density at radius 1 is 1.19 bits per heavy atom. The molecule has 9 nitrogen and oxygen atoms in total. The molecule has 1 atom stereocenters. The molecule has 1 heterocycles. The van der Waals surface area contributed by atoms with Gasteiger partial charge >= 0.3 is 0 Å². The highest BCUT2D eigenvalue weighted by Crippen LogP contribution is 2.38. The van der Waals surface area contributed by atoms with E-state index >= 15 is 0 Å². The molecule has 1 aliphatic heterocycles. The third-order valence-corrected chi connectivity index (χ3v) is 5.74. The number of rotatable bonds is 8. The fourth-order valence-electron chi connectivity index (χ4n) is 3.58. The number of benzene rings is 2. The monoisotopic (exact) mass is 462 g/mol. The molecule has 0 aliphatic carbocycles. The van der Waals surface area contributed by atoms with Crippen LogP contribution in [-0.2, 0) is 14.6 Å². The second-order valence-corrected chi connectivity index (χ2v) is 9.40. The first-order valence-electron chi connectivity index (χ1n) is 10.5. The Morgan fingerprint density at radius 2 is 1.91 bits per heavy atom. The molecule has 0 radical (unpaired) electrons. The molecule has 0 saturated carbocycles. The maximum atomic E-state index is 13.4. The van der Waals surface area contributed by atoms with Gasteiger partial charge in [0.05, 0.1) is 45.0 Å². The zero-order chi connectivity index (χ0) is 25.4. The number of carbonyl (C=O) groups excluding carboxylic acids is 3. The van der Waals surface area contributed by atoms with Crippen molar-refractivity contribution in [1.82, 2.24) is 4.90 Å². The molecule has 2 aromatic rings. The van der Waals surface area contributed by atoms with Crippen molar-refractivity contribution >= 4 is 33.2 Å². The van der Waals surface area contributed by atoms with E-state index in [2.05, 4.69) is 5.32 Å². The molecule has 1 N–H and O–H groups in total. The van der Waals surface area contributed by atoms with Gasteiger partial charge in [-0.2, -0.15) is 0 Å². The highest BCUT2D eigenvalue weighted by Gasteiger charge is 2.43. The van der Waals surface area contributed by atoms with E-state index in [0.29, 0.717) is 0 Å². The smallest absolute Gasteiger partial charge is 0.264 e. The third kappa shape index (κ3) is 4.59. The maximum Gasteiger partial charge on any atom is 0.264 e. The Bertz CT molecular complexity index is 1270. The number of carbonyl (C=O) groups is 3. The average Bonchev–Trinajstić information content (AvgIpc) is 2.95. The minimum Gasteiger partial charge on any atom is -0.493 e. The molecule has 0 fully saturated rings. The van der Waals surface area contributed by atoms with Crippen LogP contribution >= 0.6 is 0 Å². The molecule has 0 spiro atoms. The lowest BCUT2D eigenvalue weighted by atomic mass is 10.1. The number of imide groups is 1. The van der Waals surface area contributed by atoms with Crippen LogP contribution in [-0.4, -0.2) is 56.7 Å². The quantitative estimate of drug-likeness (QED) is 0.599. The summed E-state index contributed by atoms with van der Waals surface area (Å²) in [6.07, 6.45) is 0.979. The van der Waals surface area contributed by atoms with E-state index in [0.717, 1.165) is 11.2 Å². The summed E-state index contributed by atoms with van der Waals surface area (Å²) < 4.78 is 50.5. The minimum atomic E-state index is -3.70. The Morgan fingerprint density at radius 3 is 2.50 bits per heavy atom. The van der Waals surface area contributed by atoms with Gasteiger partial charge in [0.15, 0.2) is 11.5 Å². The average molecular weight is 463 g/mol. The van der Waals surface area contributed by atoms with Gasteiger partial charge in [0.25, 0.3) is 11.8 Å². The Kier molecular flexibility index (Phi) is 5.76. The summed E-state index contributed by atoms with van der Waals surface area (Å²) in [5, 5.41) is 2.52. The molecule has 2 aromatic carbocycles. The standard InChI is InChI=1S/C22H24N2O7S/c1-5-31-19-11-14(9-10-18(19)30-3)17(12-32(4,28)29)24-21(26)15-7-6-8-16(23-13(2)25)20(15)22(24)27/h6-11,17H,5,12H2,1-4H3,(H,23,25)/i5D2. The second-order valence-electron chi connectivity index (χ2n) is 7.21. The Balaban J connectivity index is 2.14. The third-order valence-electron chi connectivity index (χ3n) is 4.81. The lowest BCUT2D eigenvalue weighted by Gasteiger charge is -2.27. The van der Waals surface area contributed by atoms with Crippen molar-refractivity contribution in [1.29, 1.82) is 0 Å². The minimum absolute atomic E-state index is 0.0263. The summed E-state index contributed by atoms with van der Waals surface area (Å²) in [4.78, 5) is 39.1. The van der Waals surface area contributed by atoms with Crippen LogP contribution in [0.3, 0.4) is 0 Å². The van der Waals surface area contributed by atoms with Crippen LogP contribution in [0, 0.1) is 0 Å². The highest BCUT2D eigenvalue weighted by molar-refractivity contribution is 7.90. The number of fused-ring (bicyclic) bond motifs is 1. The first kappa shape index (κ1) is 20.5. The molecule has 32 heavy (non-hydrogen) atoms. The number of nitrogens with zero attached hydrogens (tertiary/aromatic N) is 1. The van der Waals surface area contributed by atoms with E-state index in [9.17, 15) is 22.8 Å². The van der Waals surface area contributed by atoms with Gasteiger partial charge in [-0.1, -0.05) is 12.1 Å². The lowest BCUT2D eigenvalue weighted by Crippen LogP contribution is -2.37. The number of hydrogen-bond donors (Lipinski definition) is 1. The number of nitrogens with one attached hydrogen (secondary N) is 1. The summed E-state index contributed by atoms with van der Waals surface area (Å²) in [5.41, 5.74) is 0.364. The molecule has 0 bridgehead atoms. The van der Waals surface area contributed by atoms with E-state index in [1.165, 1.54) is 57.4 Å². The molecule has 1 aliphatic rings. The SMILES string of the molecule is [2H]C([2H])(C)Oc1cc(C(CS(C)(=O)=O)N2C(=O)c3cccc(NC(C)=O)c3C2=O)ccc1OC. The number of methoxy groups -OCH3 is 1. The van der Waals surface area contributed by atoms with Gasteiger partial charge in [0.1, 0.15) is 9.84 Å². The van der Waals surface area contributed by atoms with Crippen LogP contribution in [0.25, 0.3) is 0 Å². The predicted molar refractivity (Wildman–Crippen MR) is 118 cm³/mol. The summed E-state index contributed by atoms with van der Waals surface area (Å²) >= 11 is 0. The van der Waals surface area contributed by atoms with Crippen LogP contribution in [0.5, 0.6) is 11.5 Å². The van der Waals surface area contributed by atoms with Crippen molar-refractivity contribution < 1.29 is 35.0 Å². The molecular formula is C22H24N2O7S. The largest absolute Gasteiger partial charge is 0.493 e. The van der Waals surface area contributed by atoms with E-state index < -0.39 is 45.9 Å². The van der Waals surface area contributed by atoms with E-state index in [1.807, 2.05) is 0 Å². The van der Waals surface area contributed by atoms with Crippen LogP contribution < -0.4 is 14.8 Å². The fraction of sp³-hybridized carbons (Fsp3) is 0.318. The topological polar surface area (TPSA) is 119 Å². The van der Waals surface area contributed by atoms with Gasteiger partial charge in [0, 0.05) is 13.2 Å². The van der Waals surface area contributed by atoms with Gasteiger partial charge in [0.2, 0.25) is 5.91 Å². The Labute approximate surface area is 189 Å². The van der Waals surface area contributed by atoms with Crippen molar-refractivity contribution in [2.45, 2.75) is 19.9 Å². The Hall–Kier alpha value is -3.40. The van der Waals surface area contributed by atoms with Crippen molar-refractivity contribution in [2.75, 3.05) is 31.0 Å². The zero-order valence-electron chi connectivity index (χ0n) is 20.0. The summed E-state index contributed by atoms with van der Waals surface area (Å²) in [6.45, 7) is 0.359. The van der Waals surface area contributed by atoms with E-state index in [1.54, 1.807) is 0 Å². The van der Waals surface area contributed by atoms with Crippen LogP contribution in [0.2, 0.25) is 0 Å². The molecule has 10 heteroatoms. The normalized spacial score (nSPS) is 15.6. The summed E-state index contributed by atoms with van der Waals surface area (Å²) in [7, 11) is -2.34. The van der Waals surface area contributed by atoms with Crippen molar-refractivity contribution in [3.63, 3.8) is 0 Å². The molecular weight excluding hydrogens is 436 g/mol. The van der Waals surface area contributed by atoms with Crippen molar-refractivity contribution in [3.8, 4) is 11.5 Å². The van der Waals surface area contributed by atoms with Crippen molar-refractivity contribution in [2.24, 2.45) is 0 Å². The number of ether oxygens (including phenoxy) is 2. The first-order valence-corrected chi connectivity index (χ1v) is 11.6. The number of amides is 3. The first-order chi connectivity index (χ1) is 15.7. The summed E-state index contributed by atoms with van der Waals surface area (Å²) in [6, 6.07) is 7.41. The number of anilines is 1. The fourth-order valence-corrected chi connectivity index (χ4v) is 4.49. The van der Waals surface area contributed by atoms with Gasteiger partial charge in [-0.05, 0) is 36.8 Å².